The lowest BCUT2D eigenvalue weighted by Gasteiger charge is -2.28. The first-order valence-electron chi connectivity index (χ1n) is 4.92. The van der Waals surface area contributed by atoms with Gasteiger partial charge in [0, 0.05) is 6.54 Å². The summed E-state index contributed by atoms with van der Waals surface area (Å²) in [5.74, 6) is 2.35. The molecule has 0 aliphatic heterocycles. The number of carbonyl (C=O) groups is 1. The molecule has 0 bridgehead atoms. The highest BCUT2D eigenvalue weighted by molar-refractivity contribution is 5.75. The fourth-order valence-electron chi connectivity index (χ4n) is 1.85. The number of rotatable bonds is 3. The van der Waals surface area contributed by atoms with Gasteiger partial charge in [-0.3, -0.25) is 0 Å². The third-order valence-electron chi connectivity index (χ3n) is 2.68. The topological polar surface area (TPSA) is 67.2 Å². The molecule has 0 heterocycles. The van der Waals surface area contributed by atoms with Crippen molar-refractivity contribution in [1.82, 2.24) is 10.6 Å². The summed E-state index contributed by atoms with van der Waals surface area (Å²) < 4.78 is 0. The quantitative estimate of drug-likeness (QED) is 0.563. The number of nitrogens with one attached hydrogen (secondary N) is 2. The molecule has 0 radical (unpaired) electrons. The van der Waals surface area contributed by atoms with Crippen molar-refractivity contribution in [1.29, 1.82) is 0 Å². The predicted molar refractivity (Wildman–Crippen MR) is 55.6 cm³/mol. The largest absolute Gasteiger partial charge is 0.331 e. The van der Waals surface area contributed by atoms with Crippen LogP contribution in [0.3, 0.4) is 0 Å². The SMILES string of the molecule is C#CCNC(=O)NC1(CN)CCCC1. The molecular weight excluding hydrogens is 178 g/mol. The lowest BCUT2D eigenvalue weighted by Crippen LogP contribution is -2.54. The summed E-state index contributed by atoms with van der Waals surface area (Å²) in [5, 5.41) is 5.48. The van der Waals surface area contributed by atoms with Crippen LogP contribution in [-0.4, -0.2) is 24.7 Å². The molecule has 1 fully saturated rings. The molecule has 1 aliphatic rings. The molecule has 4 nitrogen and oxygen atoms in total. The molecule has 4 N–H and O–H groups in total. The molecule has 0 aromatic rings. The molecule has 0 aromatic heterocycles. The molecule has 1 saturated carbocycles. The van der Waals surface area contributed by atoms with E-state index < -0.39 is 0 Å². The first kappa shape index (κ1) is 10.9. The van der Waals surface area contributed by atoms with Crippen LogP contribution in [0.4, 0.5) is 4.79 Å². The van der Waals surface area contributed by atoms with E-state index in [1.807, 2.05) is 0 Å². The molecular formula is C10H17N3O. The van der Waals surface area contributed by atoms with Gasteiger partial charge in [0.15, 0.2) is 0 Å². The van der Waals surface area contributed by atoms with Crippen molar-refractivity contribution in [2.24, 2.45) is 5.73 Å². The molecule has 4 heteroatoms. The van der Waals surface area contributed by atoms with E-state index in [1.165, 1.54) is 0 Å². The highest BCUT2D eigenvalue weighted by Crippen LogP contribution is 2.28. The highest BCUT2D eigenvalue weighted by Gasteiger charge is 2.33. The summed E-state index contributed by atoms with van der Waals surface area (Å²) in [6, 6.07) is -0.213. The van der Waals surface area contributed by atoms with Gasteiger partial charge in [0.25, 0.3) is 0 Å². The van der Waals surface area contributed by atoms with Crippen LogP contribution in [0.25, 0.3) is 0 Å². The number of nitrogens with two attached hydrogens (primary N) is 1. The Morgan fingerprint density at radius 1 is 1.50 bits per heavy atom. The van der Waals surface area contributed by atoms with Crippen molar-refractivity contribution in [2.45, 2.75) is 31.2 Å². The van der Waals surface area contributed by atoms with E-state index in [0.717, 1.165) is 25.7 Å². The lowest BCUT2D eigenvalue weighted by molar-refractivity contribution is 0.226. The van der Waals surface area contributed by atoms with E-state index in [4.69, 9.17) is 12.2 Å². The summed E-state index contributed by atoms with van der Waals surface area (Å²) in [5.41, 5.74) is 5.47. The Balaban J connectivity index is 2.40. The number of terminal acetylenes is 1. The maximum Gasteiger partial charge on any atom is 0.316 e. The van der Waals surface area contributed by atoms with Crippen LogP contribution >= 0.6 is 0 Å². The van der Waals surface area contributed by atoms with Crippen molar-refractivity contribution in [3.8, 4) is 12.3 Å². The van der Waals surface area contributed by atoms with E-state index in [2.05, 4.69) is 16.6 Å². The second-order valence-corrected chi connectivity index (χ2v) is 3.70. The minimum absolute atomic E-state index is 0.196. The Hall–Kier alpha value is -1.21. The maximum atomic E-state index is 11.3. The summed E-state index contributed by atoms with van der Waals surface area (Å²) >= 11 is 0. The molecule has 0 aromatic carbocycles. The van der Waals surface area contributed by atoms with Gasteiger partial charge in [-0.15, -0.1) is 6.42 Å². The second-order valence-electron chi connectivity index (χ2n) is 3.70. The Bertz CT molecular complexity index is 238. The van der Waals surface area contributed by atoms with Gasteiger partial charge in [0.05, 0.1) is 12.1 Å². The van der Waals surface area contributed by atoms with Gasteiger partial charge in [-0.25, -0.2) is 4.79 Å². The first-order valence-corrected chi connectivity index (χ1v) is 4.92. The van der Waals surface area contributed by atoms with Crippen LogP contribution < -0.4 is 16.4 Å². The number of carbonyl (C=O) groups excluding carboxylic acids is 1. The number of hydrogen-bond donors (Lipinski definition) is 3. The van der Waals surface area contributed by atoms with Gasteiger partial charge in [-0.1, -0.05) is 18.8 Å². The van der Waals surface area contributed by atoms with Crippen molar-refractivity contribution in [2.75, 3.05) is 13.1 Å². The number of hydrogen-bond acceptors (Lipinski definition) is 2. The molecule has 0 unspecified atom stereocenters. The van der Waals surface area contributed by atoms with E-state index in [9.17, 15) is 4.79 Å². The van der Waals surface area contributed by atoms with Crippen LogP contribution in [-0.2, 0) is 0 Å². The van der Waals surface area contributed by atoms with Crippen molar-refractivity contribution in [3.63, 3.8) is 0 Å². The Kier molecular flexibility index (Phi) is 3.78. The molecule has 1 aliphatic carbocycles. The standard InChI is InChI=1S/C10H17N3O/c1-2-7-12-9(14)13-10(8-11)5-3-4-6-10/h1H,3-8,11H2,(H2,12,13,14). The average Bonchev–Trinajstić information content (AvgIpc) is 2.64. The van der Waals surface area contributed by atoms with E-state index in [1.54, 1.807) is 0 Å². The Morgan fingerprint density at radius 2 is 2.14 bits per heavy atom. The molecule has 2 amide bonds. The molecule has 78 valence electrons. The first-order chi connectivity index (χ1) is 6.72. The summed E-state index contributed by atoms with van der Waals surface area (Å²) in [7, 11) is 0. The van der Waals surface area contributed by atoms with Crippen molar-refractivity contribution in [3.05, 3.63) is 0 Å². The third kappa shape index (κ3) is 2.64. The van der Waals surface area contributed by atoms with Crippen LogP contribution in [0, 0.1) is 12.3 Å². The van der Waals surface area contributed by atoms with Gasteiger partial charge >= 0.3 is 6.03 Å². The van der Waals surface area contributed by atoms with Crippen LogP contribution in [0.15, 0.2) is 0 Å². The average molecular weight is 195 g/mol. The highest BCUT2D eigenvalue weighted by atomic mass is 16.2. The fourth-order valence-corrected chi connectivity index (χ4v) is 1.85. The summed E-state index contributed by atoms with van der Waals surface area (Å²) in [6.45, 7) is 0.753. The van der Waals surface area contributed by atoms with Gasteiger partial charge < -0.3 is 16.4 Å². The van der Waals surface area contributed by atoms with Gasteiger partial charge in [0.2, 0.25) is 0 Å². The third-order valence-corrected chi connectivity index (χ3v) is 2.68. The van der Waals surface area contributed by atoms with Gasteiger partial charge in [-0.05, 0) is 12.8 Å². The normalized spacial score (nSPS) is 18.6. The lowest BCUT2D eigenvalue weighted by atomic mass is 9.98. The monoisotopic (exact) mass is 195 g/mol. The zero-order valence-electron chi connectivity index (χ0n) is 8.31. The van der Waals surface area contributed by atoms with Gasteiger partial charge in [0.1, 0.15) is 0 Å². The Morgan fingerprint density at radius 3 is 2.64 bits per heavy atom. The predicted octanol–water partition coefficient (Wildman–Crippen LogP) is 0.190. The maximum absolute atomic E-state index is 11.3. The summed E-state index contributed by atoms with van der Waals surface area (Å²) in [4.78, 5) is 11.3. The van der Waals surface area contributed by atoms with E-state index in [-0.39, 0.29) is 18.1 Å². The fraction of sp³-hybridized carbons (Fsp3) is 0.700. The van der Waals surface area contributed by atoms with Gasteiger partial charge in [-0.2, -0.15) is 0 Å². The molecule has 0 atom stereocenters. The number of amides is 2. The van der Waals surface area contributed by atoms with E-state index in [0.29, 0.717) is 6.54 Å². The van der Waals surface area contributed by atoms with Crippen molar-refractivity contribution >= 4 is 6.03 Å². The minimum atomic E-state index is -0.213. The van der Waals surface area contributed by atoms with Crippen LogP contribution in [0.1, 0.15) is 25.7 Å². The smallest absolute Gasteiger partial charge is 0.316 e. The minimum Gasteiger partial charge on any atom is -0.331 e. The second kappa shape index (κ2) is 4.87. The molecule has 0 saturated heterocycles. The van der Waals surface area contributed by atoms with E-state index >= 15 is 0 Å². The van der Waals surface area contributed by atoms with Crippen LogP contribution in [0.5, 0.6) is 0 Å². The molecule has 14 heavy (non-hydrogen) atoms. The zero-order valence-corrected chi connectivity index (χ0v) is 8.31. The summed E-state index contributed by atoms with van der Waals surface area (Å²) in [6.07, 6.45) is 9.23. The Labute approximate surface area is 84.6 Å². The van der Waals surface area contributed by atoms with Crippen LogP contribution in [0.2, 0.25) is 0 Å². The zero-order chi connectivity index (χ0) is 10.4. The van der Waals surface area contributed by atoms with Crippen molar-refractivity contribution < 1.29 is 4.79 Å². The molecule has 0 spiro atoms. The number of urea groups is 1. The molecule has 1 rings (SSSR count).